The molecule has 158 valence electrons. The summed E-state index contributed by atoms with van der Waals surface area (Å²) in [5.41, 5.74) is 1.54. The molecule has 2 aromatic heterocycles. The van der Waals surface area contributed by atoms with Gasteiger partial charge in [0, 0.05) is 25.0 Å². The SMILES string of the molecule is C[C@H](CNS(=O)(=O)c1cc(-c2nnc(C(=O)N3CCCC3)o2)cs1)c1ccccc1. The molecule has 0 bridgehead atoms. The molecule has 1 aromatic carbocycles. The number of carbonyl (C=O) groups excluding carboxylic acids is 1. The quantitative estimate of drug-likeness (QED) is 0.598. The van der Waals surface area contributed by atoms with Crippen LogP contribution in [-0.2, 0) is 10.0 Å². The van der Waals surface area contributed by atoms with Gasteiger partial charge in [0.15, 0.2) is 0 Å². The van der Waals surface area contributed by atoms with Crippen LogP contribution in [0.5, 0.6) is 0 Å². The lowest BCUT2D eigenvalue weighted by Crippen LogP contribution is -2.27. The van der Waals surface area contributed by atoms with Crippen LogP contribution in [0.3, 0.4) is 0 Å². The van der Waals surface area contributed by atoms with Gasteiger partial charge in [-0.2, -0.15) is 0 Å². The van der Waals surface area contributed by atoms with Crippen LogP contribution in [0.1, 0.15) is 41.9 Å². The average molecular weight is 447 g/mol. The van der Waals surface area contributed by atoms with E-state index in [1.54, 1.807) is 10.3 Å². The molecule has 3 heterocycles. The second kappa shape index (κ2) is 8.66. The number of benzene rings is 1. The molecule has 1 aliphatic rings. The van der Waals surface area contributed by atoms with E-state index in [0.29, 0.717) is 18.7 Å². The molecule has 4 rings (SSSR count). The average Bonchev–Trinajstić information content (AvgIpc) is 3.53. The molecule has 0 spiro atoms. The fourth-order valence-electron chi connectivity index (χ4n) is 3.26. The predicted octanol–water partition coefficient (Wildman–Crippen LogP) is 3.12. The van der Waals surface area contributed by atoms with E-state index in [2.05, 4.69) is 14.9 Å². The summed E-state index contributed by atoms with van der Waals surface area (Å²) in [6, 6.07) is 11.2. The van der Waals surface area contributed by atoms with Gasteiger partial charge in [0.2, 0.25) is 15.9 Å². The van der Waals surface area contributed by atoms with Crippen LogP contribution in [0, 0.1) is 0 Å². The number of carbonyl (C=O) groups is 1. The minimum Gasteiger partial charge on any atom is -0.412 e. The summed E-state index contributed by atoms with van der Waals surface area (Å²) < 4.78 is 33.7. The first kappa shape index (κ1) is 20.7. The van der Waals surface area contributed by atoms with E-state index in [4.69, 9.17) is 4.42 Å². The fourth-order valence-corrected chi connectivity index (χ4v) is 5.59. The minimum absolute atomic E-state index is 0.0375. The van der Waals surface area contributed by atoms with Crippen LogP contribution in [0.15, 0.2) is 50.4 Å². The molecule has 1 aliphatic heterocycles. The van der Waals surface area contributed by atoms with Crippen molar-refractivity contribution >= 4 is 27.3 Å². The van der Waals surface area contributed by atoms with Crippen molar-refractivity contribution in [3.8, 4) is 11.5 Å². The van der Waals surface area contributed by atoms with Gasteiger partial charge in [0.05, 0.1) is 5.56 Å². The molecule has 1 amide bonds. The summed E-state index contributed by atoms with van der Waals surface area (Å²) in [5, 5.41) is 9.38. The van der Waals surface area contributed by atoms with Crippen molar-refractivity contribution in [2.75, 3.05) is 19.6 Å². The number of amides is 1. The molecule has 1 atom stereocenters. The van der Waals surface area contributed by atoms with Gasteiger partial charge in [-0.05, 0) is 30.4 Å². The topological polar surface area (TPSA) is 105 Å². The normalized spacial score (nSPS) is 15.4. The van der Waals surface area contributed by atoms with E-state index in [1.807, 2.05) is 37.3 Å². The van der Waals surface area contributed by atoms with Crippen molar-refractivity contribution in [1.29, 1.82) is 0 Å². The van der Waals surface area contributed by atoms with E-state index in [0.717, 1.165) is 29.7 Å². The zero-order valence-electron chi connectivity index (χ0n) is 16.4. The number of likely N-dealkylation sites (tertiary alicyclic amines) is 1. The molecule has 0 aliphatic carbocycles. The molecular weight excluding hydrogens is 424 g/mol. The molecule has 30 heavy (non-hydrogen) atoms. The Bertz CT molecular complexity index is 1120. The molecule has 0 unspecified atom stereocenters. The van der Waals surface area contributed by atoms with E-state index in [9.17, 15) is 13.2 Å². The molecule has 10 heteroatoms. The van der Waals surface area contributed by atoms with Gasteiger partial charge in [-0.25, -0.2) is 13.1 Å². The van der Waals surface area contributed by atoms with E-state index in [1.165, 1.54) is 6.07 Å². The Morgan fingerprint density at radius 2 is 1.97 bits per heavy atom. The highest BCUT2D eigenvalue weighted by atomic mass is 32.2. The standard InChI is InChI=1S/C20H22N4O4S2/c1-14(15-7-3-2-4-8-15)12-21-30(26,27)17-11-16(13-29-17)18-22-23-19(28-18)20(25)24-9-5-6-10-24/h2-4,7-8,11,13-14,21H,5-6,9-10,12H2,1H3/t14-/m1/s1. The molecular formula is C20H22N4O4S2. The van der Waals surface area contributed by atoms with Crippen LogP contribution in [0.4, 0.5) is 0 Å². The summed E-state index contributed by atoms with van der Waals surface area (Å²) in [6.45, 7) is 3.62. The summed E-state index contributed by atoms with van der Waals surface area (Å²) in [5.74, 6) is -0.188. The molecule has 1 saturated heterocycles. The van der Waals surface area contributed by atoms with Gasteiger partial charge in [0.1, 0.15) is 4.21 Å². The number of sulfonamides is 1. The maximum atomic E-state index is 12.7. The van der Waals surface area contributed by atoms with Crippen molar-refractivity contribution in [1.82, 2.24) is 19.8 Å². The lowest BCUT2D eigenvalue weighted by Gasteiger charge is -2.12. The van der Waals surface area contributed by atoms with Crippen LogP contribution < -0.4 is 4.72 Å². The van der Waals surface area contributed by atoms with Crippen molar-refractivity contribution < 1.29 is 17.6 Å². The van der Waals surface area contributed by atoms with E-state index >= 15 is 0 Å². The Hall–Kier alpha value is -2.56. The highest BCUT2D eigenvalue weighted by Gasteiger charge is 2.26. The fraction of sp³-hybridized carbons (Fsp3) is 0.350. The van der Waals surface area contributed by atoms with E-state index in [-0.39, 0.29) is 34.4 Å². The smallest absolute Gasteiger partial charge is 0.311 e. The molecule has 0 radical (unpaired) electrons. The number of rotatable bonds is 7. The number of nitrogens with zero attached hydrogens (tertiary/aromatic N) is 3. The molecule has 3 aromatic rings. The Morgan fingerprint density at radius 3 is 2.70 bits per heavy atom. The largest absolute Gasteiger partial charge is 0.412 e. The number of thiophene rings is 1. The summed E-state index contributed by atoms with van der Waals surface area (Å²) in [4.78, 5) is 14.0. The lowest BCUT2D eigenvalue weighted by molar-refractivity contribution is 0.0754. The second-order valence-corrected chi connectivity index (χ2v) is 10.1. The molecule has 1 fully saturated rings. The maximum absolute atomic E-state index is 12.7. The van der Waals surface area contributed by atoms with Crippen LogP contribution in [0.25, 0.3) is 11.5 Å². The van der Waals surface area contributed by atoms with Crippen molar-refractivity contribution in [2.24, 2.45) is 0 Å². The minimum atomic E-state index is -3.67. The van der Waals surface area contributed by atoms with Crippen molar-refractivity contribution in [3.63, 3.8) is 0 Å². The first-order chi connectivity index (χ1) is 14.4. The highest BCUT2D eigenvalue weighted by Crippen LogP contribution is 2.28. The van der Waals surface area contributed by atoms with Gasteiger partial charge in [-0.1, -0.05) is 37.3 Å². The van der Waals surface area contributed by atoms with Gasteiger partial charge < -0.3 is 9.32 Å². The third-order valence-corrected chi connectivity index (χ3v) is 7.90. The third kappa shape index (κ3) is 4.45. The maximum Gasteiger partial charge on any atom is 0.311 e. The third-order valence-electron chi connectivity index (χ3n) is 5.04. The van der Waals surface area contributed by atoms with Crippen LogP contribution in [0.2, 0.25) is 0 Å². The summed E-state index contributed by atoms with van der Waals surface area (Å²) in [6.07, 6.45) is 1.93. The van der Waals surface area contributed by atoms with E-state index < -0.39 is 10.0 Å². The summed E-state index contributed by atoms with van der Waals surface area (Å²) in [7, 11) is -3.67. The number of nitrogens with one attached hydrogen (secondary N) is 1. The van der Waals surface area contributed by atoms with Crippen LogP contribution >= 0.6 is 11.3 Å². The summed E-state index contributed by atoms with van der Waals surface area (Å²) >= 11 is 1.07. The predicted molar refractivity (Wildman–Crippen MR) is 113 cm³/mol. The molecule has 1 N–H and O–H groups in total. The Morgan fingerprint density at radius 1 is 1.23 bits per heavy atom. The first-order valence-corrected chi connectivity index (χ1v) is 12.1. The van der Waals surface area contributed by atoms with Crippen molar-refractivity contribution in [3.05, 3.63) is 53.2 Å². The van der Waals surface area contributed by atoms with Gasteiger partial charge >= 0.3 is 11.8 Å². The Balaban J connectivity index is 1.43. The molecule has 0 saturated carbocycles. The Kier molecular flexibility index (Phi) is 5.98. The zero-order chi connectivity index (χ0) is 21.1. The second-order valence-electron chi connectivity index (χ2n) is 7.23. The van der Waals surface area contributed by atoms with Gasteiger partial charge in [-0.3, -0.25) is 4.79 Å². The number of hydrogen-bond donors (Lipinski definition) is 1. The van der Waals surface area contributed by atoms with Gasteiger partial charge in [0.25, 0.3) is 0 Å². The monoisotopic (exact) mass is 446 g/mol. The number of hydrogen-bond acceptors (Lipinski definition) is 7. The van der Waals surface area contributed by atoms with Crippen LogP contribution in [-0.4, -0.2) is 49.1 Å². The van der Waals surface area contributed by atoms with Gasteiger partial charge in [-0.15, -0.1) is 21.5 Å². The first-order valence-electron chi connectivity index (χ1n) is 9.70. The van der Waals surface area contributed by atoms with Crippen molar-refractivity contribution in [2.45, 2.75) is 29.9 Å². The zero-order valence-corrected chi connectivity index (χ0v) is 18.1. The Labute approximate surface area is 179 Å². The highest BCUT2D eigenvalue weighted by molar-refractivity contribution is 7.91. The lowest BCUT2D eigenvalue weighted by atomic mass is 10.0. The molecule has 8 nitrogen and oxygen atoms in total. The number of aromatic nitrogens is 2.